The Kier molecular flexibility index (Phi) is 17.3. The summed E-state index contributed by atoms with van der Waals surface area (Å²) in [7, 11) is 1.51. The van der Waals surface area contributed by atoms with Crippen LogP contribution < -0.4 is 32.6 Å². The standard InChI is InChI=1S/C15H21FN2O.C14H17N3O.C13H14ClFN2.C11H15N3S.CH4/c1-9(17)8-18-13-5-3-4-10(13)11-6-12(16)15(19-2)7-14(11)18;1-3-11-6-12-13(18-11)5-4-10-7-16-17(14(10)12)8-9(2)15;14-13-9(15)4-5-11-12(13)8-2-1-3-10(8)17(11)7-6-16;1-8(12)7-14-11-5-10(15-2)4-3-9(11)6-13-14;/h6-7,9-10,13H,3-5,8,17H2,1-2H3;4-7,9H,3,8,15H2,1-2H3;4-5H,1-3,6-7,16H2;3-6,8H,7,12H2,1-2H3;1H4/t9-,10+,13+;9-;;8-;/m00.0./s1. The highest BCUT2D eigenvalue weighted by molar-refractivity contribution is 7.98. The fraction of sp³-hybridized carbons (Fsp3) is 0.444. The van der Waals surface area contributed by atoms with Crippen molar-refractivity contribution in [1.82, 2.24) is 24.1 Å². The summed E-state index contributed by atoms with van der Waals surface area (Å²) in [5.41, 5.74) is 32.2. The number of nitrogens with two attached hydrogens (primary N) is 4. The number of aryl methyl sites for hydroxylation is 2. The van der Waals surface area contributed by atoms with Crippen LogP contribution >= 0.6 is 23.4 Å². The molecule has 0 radical (unpaired) electrons. The lowest BCUT2D eigenvalue weighted by molar-refractivity contribution is 0.386. The molecule has 376 valence electrons. The van der Waals surface area contributed by atoms with Crippen molar-refractivity contribution in [1.29, 1.82) is 0 Å². The van der Waals surface area contributed by atoms with Gasteiger partial charge in [0.25, 0.3) is 0 Å². The first-order chi connectivity index (χ1) is 33.2. The van der Waals surface area contributed by atoms with Crippen LogP contribution in [0.2, 0.25) is 5.02 Å². The van der Waals surface area contributed by atoms with Gasteiger partial charge in [-0.15, -0.1) is 11.8 Å². The van der Waals surface area contributed by atoms with Gasteiger partial charge in [-0.05, 0) is 119 Å². The summed E-state index contributed by atoms with van der Waals surface area (Å²) in [6, 6.07) is 20.1. The Morgan fingerprint density at radius 2 is 1.56 bits per heavy atom. The molecule has 1 saturated carbocycles. The predicted molar refractivity (Wildman–Crippen MR) is 287 cm³/mol. The van der Waals surface area contributed by atoms with Crippen LogP contribution in [0.15, 0.2) is 82.4 Å². The minimum absolute atomic E-state index is 0. The van der Waals surface area contributed by atoms with Gasteiger partial charge in [0.05, 0.1) is 54.2 Å². The summed E-state index contributed by atoms with van der Waals surface area (Å²) >= 11 is 7.85. The number of ether oxygens (including phenoxy) is 1. The Hall–Kier alpha value is -5.16. The molecular formula is C54H71ClF2N10O2S. The molecule has 1 fully saturated rings. The van der Waals surface area contributed by atoms with Crippen LogP contribution in [-0.2, 0) is 38.9 Å². The number of anilines is 1. The average molecular weight is 998 g/mol. The smallest absolute Gasteiger partial charge is 0.165 e. The van der Waals surface area contributed by atoms with E-state index in [1.54, 1.807) is 17.8 Å². The number of halogens is 3. The lowest BCUT2D eigenvalue weighted by atomic mass is 9.97. The third-order valence-corrected chi connectivity index (χ3v) is 14.5. The van der Waals surface area contributed by atoms with Gasteiger partial charge in [-0.1, -0.05) is 38.4 Å². The summed E-state index contributed by atoms with van der Waals surface area (Å²) < 4.78 is 44.5. The second kappa shape index (κ2) is 22.9. The van der Waals surface area contributed by atoms with Crippen molar-refractivity contribution in [2.75, 3.05) is 31.4 Å². The number of thioether (sulfide) groups is 1. The maximum atomic E-state index is 13.9. The Labute approximate surface area is 420 Å². The molecule has 8 N–H and O–H groups in total. The lowest BCUT2D eigenvalue weighted by Crippen LogP contribution is -2.40. The van der Waals surface area contributed by atoms with Gasteiger partial charge < -0.3 is 41.6 Å². The van der Waals surface area contributed by atoms with E-state index in [0.717, 1.165) is 108 Å². The van der Waals surface area contributed by atoms with E-state index in [2.05, 4.69) is 57.1 Å². The molecule has 70 heavy (non-hydrogen) atoms. The van der Waals surface area contributed by atoms with E-state index in [-0.39, 0.29) is 42.2 Å². The van der Waals surface area contributed by atoms with Gasteiger partial charge in [-0.3, -0.25) is 9.36 Å². The minimum atomic E-state index is -0.334. The zero-order chi connectivity index (χ0) is 49.1. The van der Waals surface area contributed by atoms with Gasteiger partial charge in [0.15, 0.2) is 11.6 Å². The van der Waals surface area contributed by atoms with Crippen molar-refractivity contribution in [3.8, 4) is 5.75 Å². The predicted octanol–water partition coefficient (Wildman–Crippen LogP) is 11.0. The van der Waals surface area contributed by atoms with Crippen LogP contribution in [0.3, 0.4) is 0 Å². The lowest BCUT2D eigenvalue weighted by Gasteiger charge is -2.28. The fourth-order valence-electron chi connectivity index (χ4n) is 10.5. The zero-order valence-electron chi connectivity index (χ0n) is 40.7. The van der Waals surface area contributed by atoms with E-state index in [9.17, 15) is 8.78 Å². The zero-order valence-corrected chi connectivity index (χ0v) is 42.2. The van der Waals surface area contributed by atoms with Crippen molar-refractivity contribution >= 4 is 72.7 Å². The quantitative estimate of drug-likeness (QED) is 0.0915. The molecule has 2 aliphatic carbocycles. The highest BCUT2D eigenvalue weighted by atomic mass is 35.5. The summed E-state index contributed by atoms with van der Waals surface area (Å²) in [4.78, 5) is 3.62. The third-order valence-electron chi connectivity index (χ3n) is 13.4. The fourth-order valence-corrected chi connectivity index (χ4v) is 11.2. The van der Waals surface area contributed by atoms with E-state index < -0.39 is 0 Å². The van der Waals surface area contributed by atoms with Crippen LogP contribution in [0.4, 0.5) is 14.5 Å². The number of furan rings is 1. The average Bonchev–Trinajstić information content (AvgIpc) is 4.20. The van der Waals surface area contributed by atoms with Crippen LogP contribution in [0.25, 0.3) is 43.7 Å². The summed E-state index contributed by atoms with van der Waals surface area (Å²) in [6.45, 7) is 11.8. The molecule has 5 heterocycles. The maximum absolute atomic E-state index is 13.9. The molecule has 0 unspecified atom stereocenters. The van der Waals surface area contributed by atoms with Gasteiger partial charge in [0, 0.05) is 100 Å². The Balaban J connectivity index is 0.000000137. The molecule has 5 atom stereocenters. The molecule has 3 aliphatic rings. The number of rotatable bonds is 11. The van der Waals surface area contributed by atoms with Gasteiger partial charge in [-0.25, -0.2) is 8.78 Å². The monoisotopic (exact) mass is 997 g/mol. The number of hydrogen-bond acceptors (Lipinski definition) is 10. The SMILES string of the molecule is C.CCc1cc2c(ccc3cnn(C[C@H](C)N)c32)o1.COc1cc2c(cc1F)[C@H]1CCC[C@H]1N2C[C@H](C)N.CSc1ccc2cnn(C[C@H](C)N)c2c1.NCCn1c2c(c3c(Cl)c(F)ccc31)CCC2. The van der Waals surface area contributed by atoms with E-state index in [4.69, 9.17) is 43.7 Å². The van der Waals surface area contributed by atoms with Crippen LogP contribution in [0, 0.1) is 11.6 Å². The van der Waals surface area contributed by atoms with Gasteiger partial charge in [-0.2, -0.15) is 10.2 Å². The molecule has 0 saturated heterocycles. The van der Waals surface area contributed by atoms with Crippen molar-refractivity contribution in [2.45, 2.75) is 135 Å². The third kappa shape index (κ3) is 10.8. The van der Waals surface area contributed by atoms with E-state index in [1.165, 1.54) is 53.1 Å². The Morgan fingerprint density at radius 1 is 0.843 bits per heavy atom. The van der Waals surface area contributed by atoms with Crippen molar-refractivity contribution < 1.29 is 17.9 Å². The van der Waals surface area contributed by atoms with Crippen molar-refractivity contribution in [3.63, 3.8) is 0 Å². The summed E-state index contributed by atoms with van der Waals surface area (Å²) in [6.07, 6.45) is 13.5. The Bertz CT molecular complexity index is 3050. The van der Waals surface area contributed by atoms with E-state index >= 15 is 0 Å². The normalized spacial score (nSPS) is 17.0. The number of methoxy groups -OCH3 is 1. The molecule has 16 heteroatoms. The molecule has 4 aromatic heterocycles. The molecular weight excluding hydrogens is 926 g/mol. The summed E-state index contributed by atoms with van der Waals surface area (Å²) in [5, 5.41) is 13.3. The number of fused-ring (bicyclic) bond motifs is 10. The molecule has 4 aromatic carbocycles. The largest absolute Gasteiger partial charge is 0.494 e. The van der Waals surface area contributed by atoms with Crippen molar-refractivity contribution in [2.24, 2.45) is 22.9 Å². The number of nitrogens with zero attached hydrogens (tertiary/aromatic N) is 6. The molecule has 0 amide bonds. The molecule has 0 bridgehead atoms. The van der Waals surface area contributed by atoms with Gasteiger partial charge in [0.2, 0.25) is 0 Å². The molecule has 0 spiro atoms. The van der Waals surface area contributed by atoms with E-state index in [1.807, 2.05) is 66.8 Å². The maximum Gasteiger partial charge on any atom is 0.165 e. The topological polar surface area (TPSA) is 170 Å². The van der Waals surface area contributed by atoms with Crippen LogP contribution in [0.5, 0.6) is 5.75 Å². The Morgan fingerprint density at radius 3 is 2.26 bits per heavy atom. The molecule has 8 aromatic rings. The highest BCUT2D eigenvalue weighted by Crippen LogP contribution is 2.50. The van der Waals surface area contributed by atoms with Gasteiger partial charge >= 0.3 is 0 Å². The van der Waals surface area contributed by atoms with Crippen molar-refractivity contribution in [3.05, 3.63) is 112 Å². The molecule has 11 rings (SSSR count). The van der Waals surface area contributed by atoms with E-state index in [0.29, 0.717) is 24.3 Å². The number of hydrogen-bond donors (Lipinski definition) is 4. The second-order valence-corrected chi connectivity index (χ2v) is 20.0. The van der Waals surface area contributed by atoms with Crippen LogP contribution in [-0.4, -0.2) is 74.8 Å². The first-order valence-corrected chi connectivity index (χ1v) is 25.8. The number of benzene rings is 4. The molecule has 12 nitrogen and oxygen atoms in total. The first-order valence-electron chi connectivity index (χ1n) is 24.2. The second-order valence-electron chi connectivity index (χ2n) is 18.8. The highest BCUT2D eigenvalue weighted by Gasteiger charge is 2.42. The molecule has 1 aliphatic heterocycles. The first kappa shape index (κ1) is 52.7. The van der Waals surface area contributed by atoms with Crippen LogP contribution in [0.1, 0.15) is 89.3 Å². The number of aromatic nitrogens is 5. The minimum Gasteiger partial charge on any atom is -0.494 e. The summed E-state index contributed by atoms with van der Waals surface area (Å²) in [5.74, 6) is 1.21. The van der Waals surface area contributed by atoms with Gasteiger partial charge in [0.1, 0.15) is 17.2 Å².